The molecule has 45 heavy (non-hydrogen) atoms. The number of hydrogen-bond donors (Lipinski definition) is 0. The first kappa shape index (κ1) is 65.9. The summed E-state index contributed by atoms with van der Waals surface area (Å²) < 4.78 is 6.82. The van der Waals surface area contributed by atoms with E-state index < -0.39 is 0 Å². The third-order valence-electron chi connectivity index (χ3n) is 3.09. The maximum Gasteiger partial charge on any atom is 0.137 e. The summed E-state index contributed by atoms with van der Waals surface area (Å²) in [5, 5.41) is 35.2. The van der Waals surface area contributed by atoms with Gasteiger partial charge in [-0.05, 0) is 19.7 Å². The van der Waals surface area contributed by atoms with Crippen LogP contribution in [0.15, 0.2) is 56.3 Å². The van der Waals surface area contributed by atoms with Crippen LogP contribution in [0.4, 0.5) is 0 Å². The van der Waals surface area contributed by atoms with Crippen LogP contribution in [0.25, 0.3) is 0 Å². The fraction of sp³-hybridized carbons (Fsp3) is 0.286. The van der Waals surface area contributed by atoms with Crippen molar-refractivity contribution in [2.75, 3.05) is 0 Å². The molecule has 246 valence electrons. The normalized spacial score (nSPS) is 7.07. The Balaban J connectivity index is -0.0000000475. The average Bonchev–Trinajstić information content (AvgIpc) is 3.67. The summed E-state index contributed by atoms with van der Waals surface area (Å²) in [6, 6.07) is 0. The summed E-state index contributed by atoms with van der Waals surface area (Å²) in [4.78, 5) is 10.2. The van der Waals surface area contributed by atoms with Gasteiger partial charge in [-0.15, -0.1) is 11.3 Å². The molecule has 18 nitrogen and oxygen atoms in total. The van der Waals surface area contributed by atoms with Crippen LogP contribution in [-0.2, 0) is 154 Å². The van der Waals surface area contributed by atoms with E-state index in [1.54, 1.807) is 65.6 Å². The molecule has 6 radical (unpaired) electrons. The van der Waals surface area contributed by atoms with Gasteiger partial charge in [0.05, 0.1) is 12.5 Å². The third-order valence-corrected chi connectivity index (χ3v) is 3.09. The molecule has 6 aromatic heterocycles. The molecule has 24 heteroatoms. The van der Waals surface area contributed by atoms with Crippen molar-refractivity contribution in [3.05, 3.63) is 97.4 Å². The van der Waals surface area contributed by atoms with Gasteiger partial charge in [-0.2, -0.15) is 5.10 Å². The molecular weight excluding hydrogens is 810 g/mol. The molecule has 6 rings (SSSR count). The van der Waals surface area contributed by atoms with Crippen LogP contribution in [0.1, 0.15) is 0 Å². The summed E-state index contributed by atoms with van der Waals surface area (Å²) >= 11 is 0. The summed E-state index contributed by atoms with van der Waals surface area (Å²) in [6.07, 6.45) is 22.4. The van der Waals surface area contributed by atoms with E-state index in [1.807, 2.05) is 39.0 Å². The molecule has 6 aromatic rings. The molecule has 0 unspecified atom stereocenters. The first-order valence-electron chi connectivity index (χ1n) is 9.91. The van der Waals surface area contributed by atoms with Crippen LogP contribution in [-0.4, -0.2) is 89.3 Å². The molecule has 0 aliphatic rings. The maximum atomic E-state index is 3.78. The second-order valence-electron chi connectivity index (χ2n) is 6.26. The Labute approximate surface area is 337 Å². The monoisotopic (exact) mass is 846 g/mol. The molecule has 0 bridgehead atoms. The van der Waals surface area contributed by atoms with Crippen LogP contribution in [0.3, 0.4) is 0 Å². The van der Waals surface area contributed by atoms with Crippen molar-refractivity contribution in [2.45, 2.75) is 0 Å². The van der Waals surface area contributed by atoms with E-state index in [9.17, 15) is 0 Å². The number of tetrazole rings is 1. The quantitative estimate of drug-likeness (QED) is 0.181. The minimum Gasteiger partial charge on any atom is -0.486 e. The standard InChI is InChI=1S/C4H6N2.C3H4N3.2C3H5N3.C3H4N3.C2H3N4.3CH3.6V/c1-6-3-2-5-4-6;1-6-2-4-5-3-6;1-6-3-4-2-5-6;1-6-3-2-4-5-6;2*1-6-4-2-3-5-6;;;;;;;;;/h2-4H,1H3;2H,1H3;2*2-3H,1H3;2H,1H3;1H3;3*1H3;;;;;;/q;-1;;;5*-1;;;;;;. The summed E-state index contributed by atoms with van der Waals surface area (Å²) in [5.41, 5.74) is 0. The van der Waals surface area contributed by atoms with Crippen molar-refractivity contribution in [3.8, 4) is 0 Å². The topological polar surface area (TPSA) is 184 Å². The SMILES string of the molecule is Cn1[c-]nnc1.Cn1ccnc1.Cn1ccnn1.Cn1cncn1.Cn1n[c-]cn1.Cn1n[c-]nn1.[CH3-].[CH3-].[CH3-].[V].[V].[V].[V].[V].[V]. The van der Waals surface area contributed by atoms with Crippen LogP contribution in [0, 0.1) is 41.1 Å². The Morgan fingerprint density at radius 3 is 1.38 bits per heavy atom. The largest absolute Gasteiger partial charge is 0.486 e. The number of nitrogens with zero attached hydrogens (tertiary/aromatic N) is 18. The van der Waals surface area contributed by atoms with Gasteiger partial charge >= 0.3 is 0 Å². The van der Waals surface area contributed by atoms with Gasteiger partial charge in [-0.1, -0.05) is 10.4 Å². The number of imidazole rings is 1. The first-order chi connectivity index (χ1) is 17.4. The number of rotatable bonds is 0. The van der Waals surface area contributed by atoms with Crippen molar-refractivity contribution in [3.63, 3.8) is 0 Å². The number of aryl methyl sites for hydroxylation is 6. The smallest absolute Gasteiger partial charge is 0.137 e. The van der Waals surface area contributed by atoms with Gasteiger partial charge in [0, 0.05) is 165 Å². The maximum absolute atomic E-state index is 3.78. The van der Waals surface area contributed by atoms with Crippen molar-refractivity contribution < 1.29 is 111 Å². The Bertz CT molecular complexity index is 936. The van der Waals surface area contributed by atoms with E-state index in [1.165, 1.54) is 22.1 Å². The zero-order chi connectivity index (χ0) is 26.4. The average molecular weight is 846 g/mol. The van der Waals surface area contributed by atoms with Gasteiger partial charge in [0.1, 0.15) is 12.7 Å². The molecule has 0 N–H and O–H groups in total. The molecule has 0 aromatic carbocycles. The van der Waals surface area contributed by atoms with Crippen LogP contribution >= 0.6 is 0 Å². The Morgan fingerprint density at radius 1 is 0.578 bits per heavy atom. The second kappa shape index (κ2) is 44.5. The van der Waals surface area contributed by atoms with Gasteiger partial charge < -0.3 is 52.9 Å². The van der Waals surface area contributed by atoms with Crippen molar-refractivity contribution in [1.29, 1.82) is 0 Å². The van der Waals surface area contributed by atoms with Gasteiger partial charge in [0.2, 0.25) is 0 Å². The van der Waals surface area contributed by atoms with E-state index >= 15 is 0 Å². The fourth-order valence-electron chi connectivity index (χ4n) is 1.52. The van der Waals surface area contributed by atoms with E-state index in [0.29, 0.717) is 0 Å². The molecule has 6 heterocycles. The third kappa shape index (κ3) is 42.3. The minimum absolute atomic E-state index is 0. The van der Waals surface area contributed by atoms with Crippen LogP contribution < -0.4 is 0 Å². The molecule has 0 fully saturated rings. The van der Waals surface area contributed by atoms with Crippen molar-refractivity contribution >= 4 is 0 Å². The van der Waals surface area contributed by atoms with Crippen LogP contribution in [0.5, 0.6) is 0 Å². The van der Waals surface area contributed by atoms with E-state index in [2.05, 4.69) is 80.0 Å². The Hall–Kier alpha value is -1.65. The molecule has 0 saturated heterocycles. The summed E-state index contributed by atoms with van der Waals surface area (Å²) in [6.45, 7) is 0. The van der Waals surface area contributed by atoms with Gasteiger partial charge in [-0.25, -0.2) is 31.0 Å². The molecule has 0 atom stereocenters. The molecular formula is C21H36N18V6-6. The Kier molecular flexibility index (Phi) is 65.1. The zero-order valence-electron chi connectivity index (χ0n) is 26.4. The summed E-state index contributed by atoms with van der Waals surface area (Å²) in [7, 11) is 10.8. The predicted octanol–water partition coefficient (Wildman–Crippen LogP) is -0.373. The molecule has 0 aliphatic carbocycles. The van der Waals surface area contributed by atoms with E-state index in [-0.39, 0.29) is 134 Å². The molecule has 0 amide bonds. The molecule has 0 aliphatic heterocycles. The number of hydrogen-bond acceptors (Lipinski definition) is 12. The Morgan fingerprint density at radius 2 is 1.24 bits per heavy atom. The minimum atomic E-state index is 0. The second-order valence-corrected chi connectivity index (χ2v) is 6.26. The van der Waals surface area contributed by atoms with Crippen molar-refractivity contribution in [1.82, 2.24) is 89.3 Å². The van der Waals surface area contributed by atoms with Gasteiger partial charge in [-0.3, -0.25) is 19.6 Å². The summed E-state index contributed by atoms with van der Waals surface area (Å²) in [5.74, 6) is 0. The van der Waals surface area contributed by atoms with E-state index in [0.717, 1.165) is 0 Å². The predicted molar refractivity (Wildman–Crippen MR) is 142 cm³/mol. The van der Waals surface area contributed by atoms with Gasteiger partial charge in [0.15, 0.2) is 0 Å². The van der Waals surface area contributed by atoms with Gasteiger partial charge in [0.25, 0.3) is 0 Å². The first-order valence-corrected chi connectivity index (χ1v) is 9.91. The molecule has 0 spiro atoms. The van der Waals surface area contributed by atoms with Crippen molar-refractivity contribution in [2.24, 2.45) is 42.3 Å². The van der Waals surface area contributed by atoms with E-state index in [4.69, 9.17) is 0 Å². The number of aromatic nitrogens is 18. The van der Waals surface area contributed by atoms with Crippen LogP contribution in [0.2, 0.25) is 0 Å². The molecule has 0 saturated carbocycles. The zero-order valence-corrected chi connectivity index (χ0v) is 34.8. The fourth-order valence-corrected chi connectivity index (χ4v) is 1.52.